The number of halogens is 1. The Labute approximate surface area is 190 Å². The van der Waals surface area contributed by atoms with Gasteiger partial charge in [0, 0.05) is 11.4 Å². The van der Waals surface area contributed by atoms with Gasteiger partial charge >= 0.3 is 12.0 Å². The van der Waals surface area contributed by atoms with E-state index in [4.69, 9.17) is 4.74 Å². The molecule has 1 aromatic heterocycles. The van der Waals surface area contributed by atoms with Gasteiger partial charge in [-0.05, 0) is 55.5 Å². The van der Waals surface area contributed by atoms with Crippen LogP contribution in [0.1, 0.15) is 17.3 Å². The second-order valence-electron chi connectivity index (χ2n) is 6.09. The quantitative estimate of drug-likeness (QED) is 0.253. The maximum absolute atomic E-state index is 12.9. The molecule has 0 radical (unpaired) electrons. The first-order valence-corrected chi connectivity index (χ1v) is 11.1. The van der Waals surface area contributed by atoms with Crippen molar-refractivity contribution in [3.8, 4) is 0 Å². The number of carbonyl (C=O) groups is 3. The summed E-state index contributed by atoms with van der Waals surface area (Å²) in [5, 5.41) is 15.8. The van der Waals surface area contributed by atoms with Gasteiger partial charge < -0.3 is 15.4 Å². The molecule has 0 saturated heterocycles. The average Bonchev–Trinajstić information content (AvgIpc) is 3.22. The molecule has 3 rings (SSSR count). The van der Waals surface area contributed by atoms with Crippen LogP contribution in [0.15, 0.2) is 52.9 Å². The second-order valence-corrected chi connectivity index (χ2v) is 8.29. The molecule has 0 aliphatic heterocycles. The molecule has 3 amide bonds. The summed E-state index contributed by atoms with van der Waals surface area (Å²) in [4.78, 5) is 35.8. The summed E-state index contributed by atoms with van der Waals surface area (Å²) in [7, 11) is 0. The van der Waals surface area contributed by atoms with Gasteiger partial charge in [-0.2, -0.15) is 0 Å². The number of rotatable bonds is 8. The number of thioether (sulfide) groups is 1. The van der Waals surface area contributed by atoms with Crippen molar-refractivity contribution in [1.82, 2.24) is 10.2 Å². The van der Waals surface area contributed by atoms with Crippen LogP contribution in [0.25, 0.3) is 0 Å². The highest BCUT2D eigenvalue weighted by Crippen LogP contribution is 2.25. The number of aromatic nitrogens is 2. The van der Waals surface area contributed by atoms with Crippen molar-refractivity contribution in [1.29, 1.82) is 0 Å². The van der Waals surface area contributed by atoms with E-state index in [1.807, 2.05) is 0 Å². The summed E-state index contributed by atoms with van der Waals surface area (Å²) in [5.41, 5.74) is 1.37. The standard InChI is InChI=1S/C20H18FN5O4S2/c1-2-30-17(28)12-3-7-14(8-4-12)22-16(27)11-31-20-26-25-19(32-20)24-18(29)23-15-9-5-13(21)6-10-15/h3-10H,2,11H2,1H3,(H,22,27)(H2,23,24,25,29). The van der Waals surface area contributed by atoms with Crippen LogP contribution in [0.5, 0.6) is 0 Å². The number of ether oxygens (including phenoxy) is 1. The van der Waals surface area contributed by atoms with Gasteiger partial charge in [-0.25, -0.2) is 14.0 Å². The SMILES string of the molecule is CCOC(=O)c1ccc(NC(=O)CSc2nnc(NC(=O)Nc3ccc(F)cc3)s2)cc1. The van der Waals surface area contributed by atoms with Gasteiger partial charge in [0.1, 0.15) is 5.82 Å². The van der Waals surface area contributed by atoms with Gasteiger partial charge in [0.05, 0.1) is 17.9 Å². The Morgan fingerprint density at radius 1 is 0.969 bits per heavy atom. The number of benzene rings is 2. The van der Waals surface area contributed by atoms with E-state index in [2.05, 4.69) is 26.1 Å². The highest BCUT2D eigenvalue weighted by atomic mass is 32.2. The number of hydrogen-bond acceptors (Lipinski definition) is 8. The summed E-state index contributed by atoms with van der Waals surface area (Å²) in [6, 6.07) is 11.1. The summed E-state index contributed by atoms with van der Waals surface area (Å²) in [5.74, 6) is -1.01. The van der Waals surface area contributed by atoms with Crippen LogP contribution in [0, 0.1) is 5.82 Å². The predicted molar refractivity (Wildman–Crippen MR) is 121 cm³/mol. The van der Waals surface area contributed by atoms with Crippen LogP contribution in [-0.4, -0.2) is 40.5 Å². The summed E-state index contributed by atoms with van der Waals surface area (Å²) >= 11 is 2.27. The van der Waals surface area contributed by atoms with E-state index in [0.29, 0.717) is 21.3 Å². The Bertz CT molecular complexity index is 1090. The van der Waals surface area contributed by atoms with Crippen molar-refractivity contribution in [2.45, 2.75) is 11.3 Å². The third kappa shape index (κ3) is 7.03. The molecule has 12 heteroatoms. The molecule has 0 spiro atoms. The van der Waals surface area contributed by atoms with Crippen molar-refractivity contribution in [3.05, 3.63) is 59.9 Å². The molecule has 0 fully saturated rings. The third-order valence-corrected chi connectivity index (χ3v) is 5.71. The topological polar surface area (TPSA) is 122 Å². The summed E-state index contributed by atoms with van der Waals surface area (Å²) in [6.07, 6.45) is 0. The summed E-state index contributed by atoms with van der Waals surface area (Å²) in [6.45, 7) is 2.01. The Hall–Kier alpha value is -3.51. The minimum absolute atomic E-state index is 0.0794. The van der Waals surface area contributed by atoms with E-state index in [1.165, 1.54) is 24.3 Å². The lowest BCUT2D eigenvalue weighted by molar-refractivity contribution is -0.113. The maximum Gasteiger partial charge on any atom is 0.338 e. The lowest BCUT2D eigenvalue weighted by atomic mass is 10.2. The minimum atomic E-state index is -0.548. The lowest BCUT2D eigenvalue weighted by Gasteiger charge is -2.06. The van der Waals surface area contributed by atoms with Crippen molar-refractivity contribution >= 4 is 57.5 Å². The average molecular weight is 476 g/mol. The first-order valence-electron chi connectivity index (χ1n) is 9.30. The van der Waals surface area contributed by atoms with Crippen LogP contribution in [0.2, 0.25) is 0 Å². The van der Waals surface area contributed by atoms with Crippen molar-refractivity contribution in [2.24, 2.45) is 0 Å². The molecule has 0 atom stereocenters. The van der Waals surface area contributed by atoms with Gasteiger partial charge in [-0.3, -0.25) is 10.1 Å². The fraction of sp³-hybridized carbons (Fsp3) is 0.150. The molecule has 0 aliphatic carbocycles. The van der Waals surface area contributed by atoms with Crippen molar-refractivity contribution in [2.75, 3.05) is 28.3 Å². The molecule has 2 aromatic carbocycles. The fourth-order valence-electron chi connectivity index (χ4n) is 2.34. The zero-order valence-corrected chi connectivity index (χ0v) is 18.4. The number of nitrogens with zero attached hydrogens (tertiary/aromatic N) is 2. The van der Waals surface area contributed by atoms with Gasteiger partial charge in [0.15, 0.2) is 4.34 Å². The van der Waals surface area contributed by atoms with Crippen LogP contribution in [-0.2, 0) is 9.53 Å². The fourth-order valence-corrected chi connectivity index (χ4v) is 3.89. The zero-order valence-electron chi connectivity index (χ0n) is 16.8. The monoisotopic (exact) mass is 475 g/mol. The molecule has 0 bridgehead atoms. The molecule has 3 aromatic rings. The molecule has 0 saturated carbocycles. The maximum atomic E-state index is 12.9. The molecule has 1 heterocycles. The van der Waals surface area contributed by atoms with Crippen molar-refractivity contribution < 1.29 is 23.5 Å². The van der Waals surface area contributed by atoms with Crippen LogP contribution in [0.3, 0.4) is 0 Å². The van der Waals surface area contributed by atoms with Crippen LogP contribution in [0.4, 0.5) is 25.7 Å². The number of esters is 1. The highest BCUT2D eigenvalue weighted by Gasteiger charge is 2.12. The van der Waals surface area contributed by atoms with E-state index in [-0.39, 0.29) is 23.4 Å². The number of hydrogen-bond donors (Lipinski definition) is 3. The van der Waals surface area contributed by atoms with E-state index in [1.54, 1.807) is 31.2 Å². The van der Waals surface area contributed by atoms with E-state index >= 15 is 0 Å². The van der Waals surface area contributed by atoms with Gasteiger partial charge in [0.25, 0.3) is 0 Å². The molecule has 9 nitrogen and oxygen atoms in total. The van der Waals surface area contributed by atoms with Gasteiger partial charge in [0.2, 0.25) is 11.0 Å². The Morgan fingerprint density at radius 2 is 1.62 bits per heavy atom. The zero-order chi connectivity index (χ0) is 22.9. The summed E-state index contributed by atoms with van der Waals surface area (Å²) < 4.78 is 18.3. The van der Waals surface area contributed by atoms with Gasteiger partial charge in [-0.15, -0.1) is 10.2 Å². The normalized spacial score (nSPS) is 10.3. The first kappa shape index (κ1) is 23.2. The van der Waals surface area contributed by atoms with Crippen molar-refractivity contribution in [3.63, 3.8) is 0 Å². The molecule has 3 N–H and O–H groups in total. The number of amides is 3. The number of carbonyl (C=O) groups excluding carboxylic acids is 3. The second kappa shape index (κ2) is 11.2. The lowest BCUT2D eigenvalue weighted by Crippen LogP contribution is -2.19. The van der Waals surface area contributed by atoms with Crippen LogP contribution >= 0.6 is 23.1 Å². The van der Waals surface area contributed by atoms with E-state index in [0.717, 1.165) is 23.1 Å². The third-order valence-electron chi connectivity index (χ3n) is 3.74. The van der Waals surface area contributed by atoms with E-state index in [9.17, 15) is 18.8 Å². The molecule has 32 heavy (non-hydrogen) atoms. The number of nitrogens with one attached hydrogen (secondary N) is 3. The number of urea groups is 1. The van der Waals surface area contributed by atoms with E-state index < -0.39 is 17.8 Å². The largest absolute Gasteiger partial charge is 0.462 e. The Morgan fingerprint density at radius 3 is 2.31 bits per heavy atom. The minimum Gasteiger partial charge on any atom is -0.462 e. The molecule has 0 aliphatic rings. The molecular formula is C20H18FN5O4S2. The molecule has 0 unspecified atom stereocenters. The van der Waals surface area contributed by atoms with Gasteiger partial charge in [-0.1, -0.05) is 23.1 Å². The van der Waals surface area contributed by atoms with Crippen LogP contribution < -0.4 is 16.0 Å². The molecule has 166 valence electrons. The number of anilines is 3. The highest BCUT2D eigenvalue weighted by molar-refractivity contribution is 8.01. The Balaban J connectivity index is 1.44. The predicted octanol–water partition coefficient (Wildman–Crippen LogP) is 4.23. The Kier molecular flexibility index (Phi) is 8.11. The first-order chi connectivity index (χ1) is 15.4. The smallest absolute Gasteiger partial charge is 0.338 e. The molecular weight excluding hydrogens is 457 g/mol.